The van der Waals surface area contributed by atoms with Gasteiger partial charge < -0.3 is 9.84 Å². The first kappa shape index (κ1) is 11.2. The summed E-state index contributed by atoms with van der Waals surface area (Å²) in [6.45, 7) is 1.68. The summed E-state index contributed by atoms with van der Waals surface area (Å²) in [5.41, 5.74) is 0.978. The highest BCUT2D eigenvalue weighted by molar-refractivity contribution is 6.20. The lowest BCUT2D eigenvalue weighted by molar-refractivity contribution is -0.146. The number of phenolic OH excluding ortho intramolecular Hbond substituents is 1. The van der Waals surface area contributed by atoms with Crippen molar-refractivity contribution in [3.8, 4) is 5.75 Å². The zero-order chi connectivity index (χ0) is 12.9. The van der Waals surface area contributed by atoms with E-state index in [1.807, 2.05) is 0 Å². The number of rotatable bonds is 1. The summed E-state index contributed by atoms with van der Waals surface area (Å²) in [6.07, 6.45) is 0.136. The zero-order valence-electron chi connectivity index (χ0n) is 9.92. The van der Waals surface area contributed by atoms with Crippen LogP contribution in [0.25, 0.3) is 0 Å². The second-order valence-electron chi connectivity index (χ2n) is 4.62. The number of nitrogens with zero attached hydrogens (tertiary/aromatic N) is 1. The molecule has 1 N–H and O–H groups in total. The third-order valence-electron chi connectivity index (χ3n) is 3.53. The van der Waals surface area contributed by atoms with Gasteiger partial charge in [-0.05, 0) is 31.9 Å². The lowest BCUT2D eigenvalue weighted by Crippen LogP contribution is -2.52. The van der Waals surface area contributed by atoms with Gasteiger partial charge in [-0.15, -0.1) is 0 Å². The number of benzene rings is 1. The van der Waals surface area contributed by atoms with Gasteiger partial charge in [0.1, 0.15) is 18.0 Å². The van der Waals surface area contributed by atoms with Crippen molar-refractivity contribution in [1.82, 2.24) is 0 Å². The summed E-state index contributed by atoms with van der Waals surface area (Å²) in [7, 11) is 0. The number of phenols is 1. The fraction of sp³-hybridized carbons (Fsp3) is 0.385. The Balaban J connectivity index is 2.08. The number of ether oxygens (including phenoxy) is 1. The minimum Gasteiger partial charge on any atom is -0.508 e. The molecule has 2 unspecified atom stereocenters. The Bertz CT molecular complexity index is 518. The summed E-state index contributed by atoms with van der Waals surface area (Å²) in [5, 5.41) is 9.67. The van der Waals surface area contributed by atoms with Crippen LogP contribution in [-0.4, -0.2) is 29.1 Å². The van der Waals surface area contributed by atoms with Crippen LogP contribution in [0.15, 0.2) is 18.2 Å². The molecule has 3 rings (SSSR count). The molecule has 0 aliphatic carbocycles. The zero-order valence-corrected chi connectivity index (χ0v) is 9.92. The molecular weight excluding hydrogens is 234 g/mol. The van der Waals surface area contributed by atoms with Gasteiger partial charge in [0.25, 0.3) is 11.8 Å². The second-order valence-corrected chi connectivity index (χ2v) is 4.62. The van der Waals surface area contributed by atoms with Crippen LogP contribution in [0.4, 0.5) is 5.69 Å². The maximum absolute atomic E-state index is 12.2. The third kappa shape index (κ3) is 1.44. The predicted octanol–water partition coefficient (Wildman–Crippen LogP) is 1.12. The van der Waals surface area contributed by atoms with Gasteiger partial charge in [-0.25, -0.2) is 4.90 Å². The van der Waals surface area contributed by atoms with Gasteiger partial charge in [0.05, 0.1) is 5.69 Å². The van der Waals surface area contributed by atoms with Crippen molar-refractivity contribution in [1.29, 1.82) is 0 Å². The minimum atomic E-state index is -0.519. The van der Waals surface area contributed by atoms with Gasteiger partial charge in [0, 0.05) is 5.56 Å². The Morgan fingerprint density at radius 1 is 1.22 bits per heavy atom. The quantitative estimate of drug-likeness (QED) is 0.755. The van der Waals surface area contributed by atoms with Gasteiger partial charge in [-0.3, -0.25) is 9.59 Å². The SMILES string of the molecule is Cc1c(O)cccc1N1C(=O)C2CCC(O2)C1=O. The first-order valence-electron chi connectivity index (χ1n) is 5.91. The van der Waals surface area contributed by atoms with Gasteiger partial charge in [-0.1, -0.05) is 6.07 Å². The van der Waals surface area contributed by atoms with E-state index in [1.165, 1.54) is 6.07 Å². The molecule has 2 aliphatic heterocycles. The molecule has 2 amide bonds. The van der Waals surface area contributed by atoms with Crippen molar-refractivity contribution in [2.75, 3.05) is 4.90 Å². The largest absolute Gasteiger partial charge is 0.508 e. The molecule has 5 heteroatoms. The lowest BCUT2D eigenvalue weighted by Gasteiger charge is -2.30. The highest BCUT2D eigenvalue weighted by atomic mass is 16.5. The molecule has 2 fully saturated rings. The van der Waals surface area contributed by atoms with E-state index in [-0.39, 0.29) is 17.6 Å². The number of carbonyl (C=O) groups is 2. The highest BCUT2D eigenvalue weighted by Gasteiger charge is 2.47. The normalized spacial score (nSPS) is 26.8. The van der Waals surface area contributed by atoms with Gasteiger partial charge in [0.2, 0.25) is 0 Å². The van der Waals surface area contributed by atoms with Crippen LogP contribution in [0.5, 0.6) is 5.75 Å². The maximum Gasteiger partial charge on any atom is 0.263 e. The number of hydrogen-bond donors (Lipinski definition) is 1. The van der Waals surface area contributed by atoms with Crippen molar-refractivity contribution in [2.24, 2.45) is 0 Å². The van der Waals surface area contributed by atoms with Gasteiger partial charge >= 0.3 is 0 Å². The Kier molecular flexibility index (Phi) is 2.38. The monoisotopic (exact) mass is 247 g/mol. The van der Waals surface area contributed by atoms with Crippen molar-refractivity contribution >= 4 is 17.5 Å². The van der Waals surface area contributed by atoms with E-state index in [0.29, 0.717) is 24.1 Å². The molecule has 1 aromatic rings. The molecule has 0 radical (unpaired) electrons. The molecule has 1 aromatic carbocycles. The Hall–Kier alpha value is -1.88. The second kappa shape index (κ2) is 3.81. The van der Waals surface area contributed by atoms with E-state index in [4.69, 9.17) is 4.74 Å². The van der Waals surface area contributed by atoms with Crippen molar-refractivity contribution < 1.29 is 19.4 Å². The maximum atomic E-state index is 12.2. The van der Waals surface area contributed by atoms with E-state index in [0.717, 1.165) is 4.90 Å². The molecule has 0 spiro atoms. The standard InChI is InChI=1S/C13H13NO4/c1-7-8(3-2-4-9(7)15)14-12(16)10-5-6-11(18-10)13(14)17/h2-4,10-11,15H,5-6H2,1H3. The number of carbonyl (C=O) groups excluding carboxylic acids is 2. The third-order valence-corrected chi connectivity index (χ3v) is 3.53. The van der Waals surface area contributed by atoms with Crippen LogP contribution < -0.4 is 4.90 Å². The summed E-state index contributed by atoms with van der Waals surface area (Å²) < 4.78 is 5.34. The average Bonchev–Trinajstić information content (AvgIpc) is 2.79. The molecular formula is C13H13NO4. The summed E-state index contributed by atoms with van der Waals surface area (Å²) in [6, 6.07) is 4.81. The van der Waals surface area contributed by atoms with E-state index in [9.17, 15) is 14.7 Å². The van der Waals surface area contributed by atoms with Gasteiger partial charge in [-0.2, -0.15) is 0 Å². The number of aromatic hydroxyl groups is 1. The Labute approximate surface area is 104 Å². The first-order chi connectivity index (χ1) is 8.59. The molecule has 94 valence electrons. The van der Waals surface area contributed by atoms with Crippen LogP contribution in [0.3, 0.4) is 0 Å². The van der Waals surface area contributed by atoms with Crippen LogP contribution in [0, 0.1) is 6.92 Å². The molecule has 2 atom stereocenters. The van der Waals surface area contributed by atoms with Gasteiger partial charge in [0.15, 0.2) is 0 Å². The van der Waals surface area contributed by atoms with Crippen LogP contribution in [-0.2, 0) is 14.3 Å². The Morgan fingerprint density at radius 2 is 1.83 bits per heavy atom. The van der Waals surface area contributed by atoms with E-state index >= 15 is 0 Å². The summed E-state index contributed by atoms with van der Waals surface area (Å²) in [4.78, 5) is 25.5. The first-order valence-corrected chi connectivity index (χ1v) is 5.91. The molecule has 2 heterocycles. The molecule has 0 saturated carbocycles. The van der Waals surface area contributed by atoms with E-state index in [2.05, 4.69) is 0 Å². The van der Waals surface area contributed by atoms with E-state index < -0.39 is 12.2 Å². The molecule has 0 aromatic heterocycles. The number of amides is 2. The number of hydrogen-bond acceptors (Lipinski definition) is 4. The smallest absolute Gasteiger partial charge is 0.263 e. The summed E-state index contributed by atoms with van der Waals surface area (Å²) >= 11 is 0. The number of anilines is 1. The lowest BCUT2D eigenvalue weighted by atomic mass is 10.1. The van der Waals surface area contributed by atoms with Crippen molar-refractivity contribution in [2.45, 2.75) is 32.0 Å². The molecule has 2 saturated heterocycles. The summed E-state index contributed by atoms with van der Waals surface area (Å²) in [5.74, 6) is -0.586. The molecule has 5 nitrogen and oxygen atoms in total. The molecule has 2 bridgehead atoms. The fourth-order valence-electron chi connectivity index (χ4n) is 2.49. The van der Waals surface area contributed by atoms with E-state index in [1.54, 1.807) is 19.1 Å². The topological polar surface area (TPSA) is 66.8 Å². The van der Waals surface area contributed by atoms with Crippen molar-refractivity contribution in [3.63, 3.8) is 0 Å². The minimum absolute atomic E-state index is 0.0759. The van der Waals surface area contributed by atoms with Crippen LogP contribution in [0.1, 0.15) is 18.4 Å². The molecule has 2 aliphatic rings. The number of morpholine rings is 1. The Morgan fingerprint density at radius 3 is 2.44 bits per heavy atom. The molecule has 18 heavy (non-hydrogen) atoms. The fourth-order valence-corrected chi connectivity index (χ4v) is 2.49. The van der Waals surface area contributed by atoms with Crippen LogP contribution >= 0.6 is 0 Å². The number of fused-ring (bicyclic) bond motifs is 2. The average molecular weight is 247 g/mol. The highest BCUT2D eigenvalue weighted by Crippen LogP contribution is 2.35. The predicted molar refractivity (Wildman–Crippen MR) is 63.2 cm³/mol. The number of imide groups is 1. The van der Waals surface area contributed by atoms with Crippen LogP contribution in [0.2, 0.25) is 0 Å². The van der Waals surface area contributed by atoms with Crippen molar-refractivity contribution in [3.05, 3.63) is 23.8 Å².